The Morgan fingerprint density at radius 2 is 1.86 bits per heavy atom. The predicted molar refractivity (Wildman–Crippen MR) is 151 cm³/mol. The molecule has 1 saturated heterocycles. The summed E-state index contributed by atoms with van der Waals surface area (Å²) in [5.41, 5.74) is 3.22. The van der Waals surface area contributed by atoms with Crippen molar-refractivity contribution in [1.82, 2.24) is 4.90 Å². The molecule has 4 nitrogen and oxygen atoms in total. The second-order valence-electron chi connectivity index (χ2n) is 10.1. The quantitative estimate of drug-likeness (QED) is 0.236. The maximum atomic E-state index is 13.6. The molecule has 0 spiro atoms. The van der Waals surface area contributed by atoms with Crippen molar-refractivity contribution >= 4 is 23.2 Å². The van der Waals surface area contributed by atoms with Crippen LogP contribution in [-0.2, 0) is 9.53 Å². The number of rotatable bonds is 11. The summed E-state index contributed by atoms with van der Waals surface area (Å²) in [6.07, 6.45) is 6.39. The largest absolute Gasteiger partial charge is 0.490 e. The van der Waals surface area contributed by atoms with Crippen molar-refractivity contribution in [3.8, 4) is 0 Å². The van der Waals surface area contributed by atoms with Gasteiger partial charge >= 0.3 is 0 Å². The molecule has 1 fully saturated rings. The first-order valence-electron chi connectivity index (χ1n) is 13.3. The Labute approximate surface area is 226 Å². The average molecular weight is 527 g/mol. The summed E-state index contributed by atoms with van der Waals surface area (Å²) in [7, 11) is 0. The molecular weight excluding hydrogens is 487 g/mol. The fourth-order valence-electron chi connectivity index (χ4n) is 4.51. The molecule has 2 aromatic carbocycles. The average Bonchev–Trinajstić information content (AvgIpc) is 2.90. The van der Waals surface area contributed by atoms with Gasteiger partial charge in [-0.3, -0.25) is 4.79 Å². The zero-order chi connectivity index (χ0) is 26.8. The first-order valence-corrected chi connectivity index (χ1v) is 13.7. The summed E-state index contributed by atoms with van der Waals surface area (Å²) in [6, 6.07) is 16.0. The molecular formula is C31H40ClFN2O2. The SMILES string of the molecule is CC/C(F)=C\C=C(/C)OC(CCN1CCC(c2cccc(NC(=O)C(C)C)c2)CC1)c1ccc(Cl)cc1. The van der Waals surface area contributed by atoms with Gasteiger partial charge in [-0.25, -0.2) is 4.39 Å². The van der Waals surface area contributed by atoms with Gasteiger partial charge in [-0.05, 0) is 92.7 Å². The van der Waals surface area contributed by atoms with Gasteiger partial charge in [0.05, 0.1) is 11.6 Å². The molecule has 1 aliphatic rings. The lowest BCUT2D eigenvalue weighted by molar-refractivity contribution is -0.118. The number of hydrogen-bond donors (Lipinski definition) is 1. The lowest BCUT2D eigenvalue weighted by Gasteiger charge is -2.33. The Kier molecular flexibility index (Phi) is 11.2. The molecule has 1 amide bonds. The molecule has 0 aromatic heterocycles. The van der Waals surface area contributed by atoms with Gasteiger partial charge in [0, 0.05) is 29.6 Å². The van der Waals surface area contributed by atoms with Crippen LogP contribution in [-0.4, -0.2) is 30.4 Å². The minimum atomic E-state index is -0.165. The van der Waals surface area contributed by atoms with Gasteiger partial charge in [0.15, 0.2) is 0 Å². The Bertz CT molecular complexity index is 1070. The van der Waals surface area contributed by atoms with Crippen LogP contribution < -0.4 is 5.32 Å². The van der Waals surface area contributed by atoms with Crippen LogP contribution in [0.1, 0.15) is 76.5 Å². The van der Waals surface area contributed by atoms with Crippen LogP contribution in [0.3, 0.4) is 0 Å². The Balaban J connectivity index is 1.58. The molecule has 0 bridgehead atoms. The van der Waals surface area contributed by atoms with Crippen LogP contribution in [0.4, 0.5) is 10.1 Å². The highest BCUT2D eigenvalue weighted by Crippen LogP contribution is 2.31. The standard InChI is InChI=1S/C31H40ClFN2O2/c1-5-28(33)14-9-23(4)37-30(25-10-12-27(32)13-11-25)17-20-35-18-15-24(16-19-35)26-7-6-8-29(21-26)34-31(36)22(2)3/h6-14,21-22,24,30H,5,15-20H2,1-4H3,(H,34,36)/b23-9+,28-14+. The summed E-state index contributed by atoms with van der Waals surface area (Å²) < 4.78 is 19.8. The Morgan fingerprint density at radius 3 is 2.51 bits per heavy atom. The van der Waals surface area contributed by atoms with Crippen molar-refractivity contribution in [2.45, 2.75) is 65.4 Å². The number of nitrogens with zero attached hydrogens (tertiary/aromatic N) is 1. The van der Waals surface area contributed by atoms with Gasteiger partial charge in [-0.1, -0.05) is 56.6 Å². The Hall–Kier alpha value is -2.63. The molecule has 0 aliphatic carbocycles. The van der Waals surface area contributed by atoms with E-state index in [9.17, 15) is 9.18 Å². The van der Waals surface area contributed by atoms with E-state index in [1.54, 1.807) is 13.0 Å². The summed E-state index contributed by atoms with van der Waals surface area (Å²) in [5, 5.41) is 3.71. The van der Waals surface area contributed by atoms with E-state index < -0.39 is 0 Å². The van der Waals surface area contributed by atoms with E-state index in [0.29, 0.717) is 23.1 Å². The van der Waals surface area contributed by atoms with Crippen molar-refractivity contribution in [1.29, 1.82) is 0 Å². The maximum absolute atomic E-state index is 13.6. The highest BCUT2D eigenvalue weighted by atomic mass is 35.5. The number of anilines is 1. The van der Waals surface area contributed by atoms with Gasteiger partial charge in [0.1, 0.15) is 6.10 Å². The van der Waals surface area contributed by atoms with Gasteiger partial charge in [0.2, 0.25) is 5.91 Å². The molecule has 37 heavy (non-hydrogen) atoms. The predicted octanol–water partition coefficient (Wildman–Crippen LogP) is 8.43. The van der Waals surface area contributed by atoms with Crippen LogP contribution >= 0.6 is 11.6 Å². The molecule has 0 saturated carbocycles. The van der Waals surface area contributed by atoms with Crippen molar-refractivity contribution in [3.63, 3.8) is 0 Å². The van der Waals surface area contributed by atoms with Crippen LogP contribution in [0.5, 0.6) is 0 Å². The van der Waals surface area contributed by atoms with Crippen LogP contribution in [0.25, 0.3) is 0 Å². The van der Waals surface area contributed by atoms with E-state index in [-0.39, 0.29) is 23.8 Å². The first-order chi connectivity index (χ1) is 17.7. The third kappa shape index (κ3) is 9.32. The summed E-state index contributed by atoms with van der Waals surface area (Å²) >= 11 is 6.10. The highest BCUT2D eigenvalue weighted by Gasteiger charge is 2.23. The minimum absolute atomic E-state index is 0.0409. The van der Waals surface area contributed by atoms with Crippen LogP contribution in [0.2, 0.25) is 5.02 Å². The van der Waals surface area contributed by atoms with Gasteiger partial charge in [-0.15, -0.1) is 0 Å². The van der Waals surface area contributed by atoms with E-state index in [0.717, 1.165) is 50.1 Å². The number of halogens is 2. The molecule has 1 unspecified atom stereocenters. The number of benzene rings is 2. The number of hydrogen-bond acceptors (Lipinski definition) is 3. The topological polar surface area (TPSA) is 41.6 Å². The van der Waals surface area contributed by atoms with E-state index >= 15 is 0 Å². The maximum Gasteiger partial charge on any atom is 0.226 e. The number of likely N-dealkylation sites (tertiary alicyclic amines) is 1. The second-order valence-corrected chi connectivity index (χ2v) is 10.5. The number of piperidine rings is 1. The zero-order valence-electron chi connectivity index (χ0n) is 22.5. The van der Waals surface area contributed by atoms with Crippen molar-refractivity contribution in [2.24, 2.45) is 5.92 Å². The monoisotopic (exact) mass is 526 g/mol. The minimum Gasteiger partial charge on any atom is -0.490 e. The van der Waals surface area contributed by atoms with E-state index in [2.05, 4.69) is 22.3 Å². The molecule has 3 rings (SSSR count). The van der Waals surface area contributed by atoms with Crippen molar-refractivity contribution in [3.05, 3.63) is 88.4 Å². The molecule has 0 radical (unpaired) electrons. The third-order valence-electron chi connectivity index (χ3n) is 6.85. The van der Waals surface area contributed by atoms with Gasteiger partial charge in [-0.2, -0.15) is 0 Å². The lowest BCUT2D eigenvalue weighted by atomic mass is 9.89. The molecule has 200 valence electrons. The fraction of sp³-hybridized carbons (Fsp3) is 0.452. The molecule has 1 atom stereocenters. The van der Waals surface area contributed by atoms with Crippen LogP contribution in [0.15, 0.2) is 72.3 Å². The number of allylic oxidation sites excluding steroid dienone is 4. The summed E-state index contributed by atoms with van der Waals surface area (Å²) in [4.78, 5) is 14.6. The fourth-order valence-corrected chi connectivity index (χ4v) is 4.63. The summed E-state index contributed by atoms with van der Waals surface area (Å²) in [6.45, 7) is 10.4. The lowest BCUT2D eigenvalue weighted by Crippen LogP contribution is -2.34. The first kappa shape index (κ1) is 28.9. The number of nitrogens with one attached hydrogen (secondary N) is 1. The van der Waals surface area contributed by atoms with Gasteiger partial charge < -0.3 is 15.0 Å². The van der Waals surface area contributed by atoms with Crippen LogP contribution in [0, 0.1) is 5.92 Å². The van der Waals surface area contributed by atoms with Gasteiger partial charge in [0.25, 0.3) is 0 Å². The number of carbonyl (C=O) groups is 1. The van der Waals surface area contributed by atoms with E-state index in [1.165, 1.54) is 11.6 Å². The van der Waals surface area contributed by atoms with Crippen molar-refractivity contribution in [2.75, 3.05) is 25.0 Å². The van der Waals surface area contributed by atoms with Crippen molar-refractivity contribution < 1.29 is 13.9 Å². The third-order valence-corrected chi connectivity index (χ3v) is 7.10. The van der Waals surface area contributed by atoms with E-state index in [4.69, 9.17) is 16.3 Å². The van der Waals surface area contributed by atoms with E-state index in [1.807, 2.05) is 57.2 Å². The second kappa shape index (κ2) is 14.3. The Morgan fingerprint density at radius 1 is 1.16 bits per heavy atom. The smallest absolute Gasteiger partial charge is 0.226 e. The molecule has 1 aliphatic heterocycles. The highest BCUT2D eigenvalue weighted by molar-refractivity contribution is 6.30. The molecule has 2 aromatic rings. The molecule has 1 heterocycles. The number of carbonyl (C=O) groups excluding carboxylic acids is 1. The summed E-state index contributed by atoms with van der Waals surface area (Å²) in [5.74, 6) is 1.01. The number of ether oxygens (including phenoxy) is 1. The molecule has 6 heteroatoms. The zero-order valence-corrected chi connectivity index (χ0v) is 23.2. The normalized spacial score (nSPS) is 16.6. The number of amides is 1. The molecule has 1 N–H and O–H groups in total.